The Bertz CT molecular complexity index is 555. The Balaban J connectivity index is 2.30. The highest BCUT2D eigenvalue weighted by molar-refractivity contribution is 7.89. The summed E-state index contributed by atoms with van der Waals surface area (Å²) in [5, 5.41) is 0. The molecule has 0 bridgehead atoms. The van der Waals surface area contributed by atoms with E-state index in [9.17, 15) is 8.42 Å². The molecule has 19 heavy (non-hydrogen) atoms. The number of hydrogen-bond acceptors (Lipinski definition) is 2. The van der Waals surface area contributed by atoms with Crippen molar-refractivity contribution in [2.45, 2.75) is 57.9 Å². The molecule has 1 aromatic carbocycles. The summed E-state index contributed by atoms with van der Waals surface area (Å²) < 4.78 is 27.9. The molecule has 2 atom stereocenters. The lowest BCUT2D eigenvalue weighted by molar-refractivity contribution is 0.537. The van der Waals surface area contributed by atoms with Crippen LogP contribution in [0.5, 0.6) is 0 Å². The second-order valence-electron chi connectivity index (χ2n) is 5.96. The average Bonchev–Trinajstić information content (AvgIpc) is 2.60. The summed E-state index contributed by atoms with van der Waals surface area (Å²) in [5.41, 5.74) is 2.76. The first kappa shape index (κ1) is 14.5. The normalized spacial score (nSPS) is 23.8. The van der Waals surface area contributed by atoms with Gasteiger partial charge in [0.25, 0.3) is 0 Å². The molecule has 0 amide bonds. The van der Waals surface area contributed by atoms with Crippen LogP contribution in [0.4, 0.5) is 0 Å². The third-order valence-corrected chi connectivity index (χ3v) is 5.72. The molecule has 1 aliphatic rings. The van der Waals surface area contributed by atoms with Crippen LogP contribution in [0, 0.1) is 26.7 Å². The summed E-state index contributed by atoms with van der Waals surface area (Å²) >= 11 is 0. The largest absolute Gasteiger partial charge is 0.241 e. The minimum absolute atomic E-state index is 0.0973. The minimum Gasteiger partial charge on any atom is -0.208 e. The van der Waals surface area contributed by atoms with Gasteiger partial charge >= 0.3 is 0 Å². The van der Waals surface area contributed by atoms with Gasteiger partial charge in [-0.05, 0) is 57.1 Å². The molecule has 0 spiro atoms. The van der Waals surface area contributed by atoms with Crippen molar-refractivity contribution < 1.29 is 8.42 Å². The summed E-state index contributed by atoms with van der Waals surface area (Å²) in [4.78, 5) is 0.456. The van der Waals surface area contributed by atoms with Gasteiger partial charge in [-0.15, -0.1) is 0 Å². The number of benzene rings is 1. The predicted octanol–water partition coefficient (Wildman–Crippen LogP) is 3.08. The number of nitrogens with one attached hydrogen (secondary N) is 1. The van der Waals surface area contributed by atoms with E-state index in [4.69, 9.17) is 0 Å². The van der Waals surface area contributed by atoms with E-state index in [-0.39, 0.29) is 6.04 Å². The van der Waals surface area contributed by atoms with Gasteiger partial charge < -0.3 is 0 Å². The molecule has 0 aliphatic heterocycles. The quantitative estimate of drug-likeness (QED) is 0.925. The van der Waals surface area contributed by atoms with Crippen molar-refractivity contribution in [1.82, 2.24) is 4.72 Å². The van der Waals surface area contributed by atoms with Crippen molar-refractivity contribution in [3.05, 3.63) is 28.8 Å². The molecule has 2 unspecified atom stereocenters. The fraction of sp³-hybridized carbons (Fsp3) is 0.600. The standard InChI is InChI=1S/C15H23NO2S/c1-10-5-6-14(9-10)16-19(17,18)15-12(3)7-11(2)8-13(15)4/h7-8,10,14,16H,5-6,9H2,1-4H3. The highest BCUT2D eigenvalue weighted by Crippen LogP contribution is 2.27. The summed E-state index contributed by atoms with van der Waals surface area (Å²) in [5.74, 6) is 0.618. The number of hydrogen-bond donors (Lipinski definition) is 1. The van der Waals surface area contributed by atoms with Crippen molar-refractivity contribution in [3.63, 3.8) is 0 Å². The Morgan fingerprint density at radius 2 is 1.68 bits per heavy atom. The van der Waals surface area contributed by atoms with E-state index >= 15 is 0 Å². The van der Waals surface area contributed by atoms with Crippen molar-refractivity contribution in [2.24, 2.45) is 5.92 Å². The van der Waals surface area contributed by atoms with Crippen molar-refractivity contribution in [3.8, 4) is 0 Å². The first-order valence-corrected chi connectivity index (χ1v) is 8.38. The smallest absolute Gasteiger partial charge is 0.208 e. The van der Waals surface area contributed by atoms with Gasteiger partial charge in [-0.3, -0.25) is 0 Å². The second-order valence-corrected chi connectivity index (χ2v) is 7.62. The molecule has 0 aromatic heterocycles. The van der Waals surface area contributed by atoms with E-state index in [0.717, 1.165) is 36.0 Å². The fourth-order valence-corrected chi connectivity index (χ4v) is 4.92. The monoisotopic (exact) mass is 281 g/mol. The van der Waals surface area contributed by atoms with Gasteiger partial charge in [-0.25, -0.2) is 13.1 Å². The van der Waals surface area contributed by atoms with Crippen LogP contribution in [0.2, 0.25) is 0 Å². The van der Waals surface area contributed by atoms with E-state index in [1.807, 2.05) is 32.9 Å². The van der Waals surface area contributed by atoms with Gasteiger partial charge in [0.15, 0.2) is 0 Å². The Kier molecular flexibility index (Phi) is 4.02. The maximum Gasteiger partial charge on any atom is 0.241 e. The third-order valence-electron chi connectivity index (χ3n) is 3.89. The zero-order valence-electron chi connectivity index (χ0n) is 12.2. The van der Waals surface area contributed by atoms with E-state index in [0.29, 0.717) is 10.8 Å². The summed E-state index contributed by atoms with van der Waals surface area (Å²) in [6.45, 7) is 7.90. The number of sulfonamides is 1. The summed E-state index contributed by atoms with van der Waals surface area (Å²) in [6, 6.07) is 3.96. The topological polar surface area (TPSA) is 46.2 Å². The van der Waals surface area contributed by atoms with Gasteiger partial charge in [0.2, 0.25) is 10.0 Å². The SMILES string of the molecule is Cc1cc(C)c(S(=O)(=O)NC2CCC(C)C2)c(C)c1. The zero-order chi connectivity index (χ0) is 14.2. The van der Waals surface area contributed by atoms with E-state index in [1.54, 1.807) is 0 Å². The Hall–Kier alpha value is -0.870. The van der Waals surface area contributed by atoms with Crippen LogP contribution in [0.25, 0.3) is 0 Å². The molecule has 1 aliphatic carbocycles. The van der Waals surface area contributed by atoms with Crippen LogP contribution in [-0.4, -0.2) is 14.5 Å². The molecule has 0 heterocycles. The van der Waals surface area contributed by atoms with Crippen LogP contribution in [0.1, 0.15) is 42.9 Å². The van der Waals surface area contributed by atoms with Gasteiger partial charge in [-0.1, -0.05) is 24.6 Å². The Morgan fingerprint density at radius 1 is 1.11 bits per heavy atom. The first-order valence-electron chi connectivity index (χ1n) is 6.90. The number of rotatable bonds is 3. The molecule has 1 saturated carbocycles. The lowest BCUT2D eigenvalue weighted by Crippen LogP contribution is -2.33. The van der Waals surface area contributed by atoms with Gasteiger partial charge in [0.05, 0.1) is 4.90 Å². The molecule has 0 radical (unpaired) electrons. The molecule has 106 valence electrons. The molecule has 1 aromatic rings. The predicted molar refractivity (Wildman–Crippen MR) is 77.8 cm³/mol. The summed E-state index contributed by atoms with van der Waals surface area (Å²) in [7, 11) is -3.40. The third kappa shape index (κ3) is 3.18. The van der Waals surface area contributed by atoms with Gasteiger partial charge in [0, 0.05) is 6.04 Å². The molecular weight excluding hydrogens is 258 g/mol. The minimum atomic E-state index is -3.40. The lowest BCUT2D eigenvalue weighted by Gasteiger charge is -2.16. The number of aryl methyl sites for hydroxylation is 3. The van der Waals surface area contributed by atoms with Crippen LogP contribution >= 0.6 is 0 Å². The van der Waals surface area contributed by atoms with E-state index in [1.165, 1.54) is 0 Å². The van der Waals surface area contributed by atoms with Crippen molar-refractivity contribution in [1.29, 1.82) is 0 Å². The highest BCUT2D eigenvalue weighted by atomic mass is 32.2. The second kappa shape index (κ2) is 5.25. The van der Waals surface area contributed by atoms with Gasteiger partial charge in [0.1, 0.15) is 0 Å². The van der Waals surface area contributed by atoms with Crippen LogP contribution < -0.4 is 4.72 Å². The molecule has 0 saturated heterocycles. The maximum absolute atomic E-state index is 12.5. The van der Waals surface area contributed by atoms with E-state index < -0.39 is 10.0 Å². The molecule has 3 nitrogen and oxygen atoms in total. The zero-order valence-corrected chi connectivity index (χ0v) is 13.0. The molecular formula is C15H23NO2S. The molecule has 1 N–H and O–H groups in total. The van der Waals surface area contributed by atoms with Gasteiger partial charge in [-0.2, -0.15) is 0 Å². The van der Waals surface area contributed by atoms with Crippen molar-refractivity contribution in [2.75, 3.05) is 0 Å². The molecule has 2 rings (SSSR count). The van der Waals surface area contributed by atoms with Crippen LogP contribution in [0.3, 0.4) is 0 Å². The maximum atomic E-state index is 12.5. The van der Waals surface area contributed by atoms with Crippen LogP contribution in [0.15, 0.2) is 17.0 Å². The molecule has 1 fully saturated rings. The Morgan fingerprint density at radius 3 is 2.16 bits per heavy atom. The van der Waals surface area contributed by atoms with E-state index in [2.05, 4.69) is 11.6 Å². The highest BCUT2D eigenvalue weighted by Gasteiger charge is 2.28. The lowest BCUT2D eigenvalue weighted by atomic mass is 10.1. The van der Waals surface area contributed by atoms with Crippen molar-refractivity contribution >= 4 is 10.0 Å². The fourth-order valence-electron chi connectivity index (χ4n) is 3.18. The Labute approximate surface area is 116 Å². The molecule has 4 heteroatoms. The van der Waals surface area contributed by atoms with Crippen LogP contribution in [-0.2, 0) is 10.0 Å². The first-order chi connectivity index (χ1) is 8.79. The average molecular weight is 281 g/mol. The summed E-state index contributed by atoms with van der Waals surface area (Å²) in [6.07, 6.45) is 3.01.